The highest BCUT2D eigenvalue weighted by Gasteiger charge is 2.39. The minimum atomic E-state index is -0.234. The first-order valence-electron chi connectivity index (χ1n) is 9.96. The zero-order valence-electron chi connectivity index (χ0n) is 16.7. The van der Waals surface area contributed by atoms with Gasteiger partial charge in [0.25, 0.3) is 5.91 Å². The van der Waals surface area contributed by atoms with Crippen LogP contribution in [0.4, 0.5) is 10.1 Å². The lowest BCUT2D eigenvalue weighted by atomic mass is 9.89. The third-order valence-electron chi connectivity index (χ3n) is 5.85. The number of ether oxygens (including phenoxy) is 2. The molecule has 0 aliphatic carbocycles. The molecule has 2 aromatic carbocycles. The number of methoxy groups -OCH3 is 1. The number of carbonyl (C=O) groups is 1. The Morgan fingerprint density at radius 3 is 2.57 bits per heavy atom. The van der Waals surface area contributed by atoms with Crippen molar-refractivity contribution < 1.29 is 18.7 Å². The third kappa shape index (κ3) is 4.38. The van der Waals surface area contributed by atoms with Crippen molar-refractivity contribution in [3.8, 4) is 5.75 Å². The third-order valence-corrected chi connectivity index (χ3v) is 6.18. The van der Waals surface area contributed by atoms with Crippen LogP contribution in [0, 0.1) is 5.82 Å². The molecule has 2 aromatic rings. The van der Waals surface area contributed by atoms with Crippen molar-refractivity contribution >= 4 is 23.2 Å². The predicted molar refractivity (Wildman–Crippen MR) is 113 cm³/mol. The zero-order chi connectivity index (χ0) is 21.3. The maximum absolute atomic E-state index is 13.2. The minimum Gasteiger partial charge on any atom is -0.496 e. The lowest BCUT2D eigenvalue weighted by molar-refractivity contribution is -0.0843. The van der Waals surface area contributed by atoms with Gasteiger partial charge in [-0.1, -0.05) is 23.7 Å². The second kappa shape index (κ2) is 8.79. The van der Waals surface area contributed by atoms with Gasteiger partial charge in [-0.3, -0.25) is 9.69 Å². The average molecular weight is 434 g/mol. The van der Waals surface area contributed by atoms with Gasteiger partial charge in [0.15, 0.2) is 0 Å². The molecule has 1 unspecified atom stereocenters. The number of nitrogen functional groups attached to an aromatic ring is 1. The predicted octanol–water partition coefficient (Wildman–Crippen LogP) is 3.23. The lowest BCUT2D eigenvalue weighted by Crippen LogP contribution is -2.60. The maximum atomic E-state index is 13.2. The van der Waals surface area contributed by atoms with E-state index in [1.807, 2.05) is 12.1 Å². The number of nitrogens with one attached hydrogen (secondary N) is 1. The molecule has 2 fully saturated rings. The second-order valence-corrected chi connectivity index (χ2v) is 8.27. The van der Waals surface area contributed by atoms with Gasteiger partial charge in [-0.05, 0) is 36.6 Å². The molecule has 0 radical (unpaired) electrons. The van der Waals surface area contributed by atoms with Crippen LogP contribution >= 0.6 is 11.6 Å². The van der Waals surface area contributed by atoms with Gasteiger partial charge in [-0.15, -0.1) is 0 Å². The summed E-state index contributed by atoms with van der Waals surface area (Å²) in [6.45, 7) is 1.96. The SMILES string of the molecule is COc1cc(N)c(Cl)cc1C(=O)NC1C[C@H]2COC[C@@H](C1)N2Cc1ccc(F)cc1. The largest absolute Gasteiger partial charge is 0.496 e. The first-order valence-corrected chi connectivity index (χ1v) is 10.3. The number of anilines is 1. The molecule has 8 heteroatoms. The summed E-state index contributed by atoms with van der Waals surface area (Å²) >= 11 is 6.11. The number of halogens is 2. The summed E-state index contributed by atoms with van der Waals surface area (Å²) in [5, 5.41) is 3.45. The Labute approximate surface area is 180 Å². The molecule has 3 atom stereocenters. The van der Waals surface area contributed by atoms with Crippen LogP contribution in [0.25, 0.3) is 0 Å². The van der Waals surface area contributed by atoms with Crippen molar-refractivity contribution in [3.63, 3.8) is 0 Å². The molecule has 4 rings (SSSR count). The van der Waals surface area contributed by atoms with E-state index < -0.39 is 0 Å². The summed E-state index contributed by atoms with van der Waals surface area (Å²) in [4.78, 5) is 15.3. The molecular weight excluding hydrogens is 409 g/mol. The fraction of sp³-hybridized carbons (Fsp3) is 0.409. The molecule has 3 N–H and O–H groups in total. The summed E-state index contributed by atoms with van der Waals surface area (Å²) in [5.74, 6) is -0.0710. The highest BCUT2D eigenvalue weighted by Crippen LogP contribution is 2.32. The zero-order valence-corrected chi connectivity index (χ0v) is 17.5. The molecule has 2 heterocycles. The summed E-state index contributed by atoms with van der Waals surface area (Å²) in [5.41, 5.74) is 7.62. The monoisotopic (exact) mass is 433 g/mol. The average Bonchev–Trinajstić information content (AvgIpc) is 2.71. The first-order chi connectivity index (χ1) is 14.4. The van der Waals surface area contributed by atoms with E-state index in [9.17, 15) is 9.18 Å². The highest BCUT2D eigenvalue weighted by atomic mass is 35.5. The Hall–Kier alpha value is -2.35. The van der Waals surface area contributed by atoms with E-state index in [4.69, 9.17) is 26.8 Å². The van der Waals surface area contributed by atoms with Crippen LogP contribution < -0.4 is 15.8 Å². The molecule has 0 spiro atoms. The van der Waals surface area contributed by atoms with Crippen molar-refractivity contribution in [2.45, 2.75) is 37.5 Å². The summed E-state index contributed by atoms with van der Waals surface area (Å²) in [6.07, 6.45) is 1.54. The van der Waals surface area contributed by atoms with Gasteiger partial charge in [0, 0.05) is 30.7 Å². The molecule has 30 heavy (non-hydrogen) atoms. The van der Waals surface area contributed by atoms with Crippen molar-refractivity contribution in [2.75, 3.05) is 26.1 Å². The number of hydrogen-bond acceptors (Lipinski definition) is 5. The van der Waals surface area contributed by atoms with Crippen LogP contribution in [0.3, 0.4) is 0 Å². The molecule has 2 saturated heterocycles. The maximum Gasteiger partial charge on any atom is 0.255 e. The Morgan fingerprint density at radius 2 is 1.93 bits per heavy atom. The standard InChI is InChI=1S/C22H25ClFN3O3/c1-29-21-9-20(25)19(23)8-18(21)22(28)26-15-6-16-11-30-12-17(7-15)27(16)10-13-2-4-14(24)5-3-13/h2-5,8-9,15-17H,6-7,10-12,25H2,1H3,(H,26,28)/t15?,16-,17+. The fourth-order valence-corrected chi connectivity index (χ4v) is 4.51. The number of hydrogen-bond donors (Lipinski definition) is 2. The normalized spacial score (nSPS) is 23.8. The van der Waals surface area contributed by atoms with Crippen molar-refractivity contribution in [1.82, 2.24) is 10.2 Å². The molecule has 6 nitrogen and oxygen atoms in total. The number of amides is 1. The molecule has 2 bridgehead atoms. The quantitative estimate of drug-likeness (QED) is 0.708. The Balaban J connectivity index is 1.45. The van der Waals surface area contributed by atoms with Crippen LogP contribution in [-0.2, 0) is 11.3 Å². The molecular formula is C22H25ClFN3O3. The number of nitrogens with zero attached hydrogens (tertiary/aromatic N) is 1. The number of nitrogens with two attached hydrogens (primary N) is 1. The van der Waals surface area contributed by atoms with Crippen molar-refractivity contribution in [3.05, 3.63) is 58.4 Å². The van der Waals surface area contributed by atoms with E-state index in [-0.39, 0.29) is 29.8 Å². The molecule has 2 aliphatic rings. The van der Waals surface area contributed by atoms with Gasteiger partial charge in [0.1, 0.15) is 11.6 Å². The molecule has 0 saturated carbocycles. The van der Waals surface area contributed by atoms with E-state index >= 15 is 0 Å². The van der Waals surface area contributed by atoms with Crippen LogP contribution in [0.15, 0.2) is 36.4 Å². The van der Waals surface area contributed by atoms with Gasteiger partial charge in [-0.2, -0.15) is 0 Å². The van der Waals surface area contributed by atoms with Gasteiger partial charge in [-0.25, -0.2) is 4.39 Å². The van der Waals surface area contributed by atoms with Crippen molar-refractivity contribution in [2.24, 2.45) is 0 Å². The number of morpholine rings is 1. The van der Waals surface area contributed by atoms with E-state index in [2.05, 4.69) is 10.2 Å². The number of benzene rings is 2. The van der Waals surface area contributed by atoms with Gasteiger partial charge < -0.3 is 20.5 Å². The number of rotatable bonds is 5. The number of piperidine rings is 1. The molecule has 160 valence electrons. The Morgan fingerprint density at radius 1 is 1.27 bits per heavy atom. The highest BCUT2D eigenvalue weighted by molar-refractivity contribution is 6.33. The lowest BCUT2D eigenvalue weighted by Gasteiger charge is -2.48. The van der Waals surface area contributed by atoms with E-state index in [1.54, 1.807) is 12.1 Å². The number of fused-ring (bicyclic) bond motifs is 2. The summed E-state index contributed by atoms with van der Waals surface area (Å²) < 4.78 is 24.3. The molecule has 2 aliphatic heterocycles. The van der Waals surface area contributed by atoms with Crippen LogP contribution in [-0.4, -0.2) is 49.3 Å². The van der Waals surface area contributed by atoms with E-state index in [0.29, 0.717) is 35.2 Å². The van der Waals surface area contributed by atoms with Gasteiger partial charge >= 0.3 is 0 Å². The summed E-state index contributed by atoms with van der Waals surface area (Å²) in [7, 11) is 1.50. The van der Waals surface area contributed by atoms with Crippen molar-refractivity contribution in [1.29, 1.82) is 0 Å². The van der Waals surface area contributed by atoms with Crippen LogP contribution in [0.1, 0.15) is 28.8 Å². The minimum absolute atomic E-state index is 0.0157. The van der Waals surface area contributed by atoms with Crippen LogP contribution in [0.2, 0.25) is 5.02 Å². The topological polar surface area (TPSA) is 76.8 Å². The first kappa shape index (κ1) is 20.9. The Kier molecular flexibility index (Phi) is 6.13. The fourth-order valence-electron chi connectivity index (χ4n) is 4.34. The smallest absolute Gasteiger partial charge is 0.255 e. The van der Waals surface area contributed by atoms with E-state index in [1.165, 1.54) is 19.2 Å². The molecule has 0 aromatic heterocycles. The Bertz CT molecular complexity index is 911. The van der Waals surface area contributed by atoms with Gasteiger partial charge in [0.05, 0.1) is 36.6 Å². The van der Waals surface area contributed by atoms with E-state index in [0.717, 1.165) is 24.9 Å². The van der Waals surface area contributed by atoms with Crippen LogP contribution in [0.5, 0.6) is 5.75 Å². The molecule has 1 amide bonds. The summed E-state index contributed by atoms with van der Waals surface area (Å²) in [6, 6.07) is 10.1. The number of carbonyl (C=O) groups excluding carboxylic acids is 1. The second-order valence-electron chi connectivity index (χ2n) is 7.86. The van der Waals surface area contributed by atoms with Gasteiger partial charge in [0.2, 0.25) is 0 Å².